The summed E-state index contributed by atoms with van der Waals surface area (Å²) in [5, 5.41) is 11.8. The maximum Gasteiger partial charge on any atom is 0.243 e. The third-order valence-electron chi connectivity index (χ3n) is 2.20. The minimum Gasteiger partial charge on any atom is -0.393 e. The summed E-state index contributed by atoms with van der Waals surface area (Å²) in [5.41, 5.74) is 1.01. The second-order valence-electron chi connectivity index (χ2n) is 3.96. The monoisotopic (exact) mass is 183 g/mol. The molecular weight excluding hydrogens is 166 g/mol. The van der Waals surface area contributed by atoms with Crippen LogP contribution in [-0.4, -0.2) is 23.7 Å². The van der Waals surface area contributed by atoms with Gasteiger partial charge in [0.1, 0.15) is 0 Å². The van der Waals surface area contributed by atoms with Crippen LogP contribution in [0.2, 0.25) is 0 Å². The minimum absolute atomic E-state index is 0.0265. The molecule has 1 rings (SSSR count). The first kappa shape index (κ1) is 10.3. The Labute approximate surface area is 78.8 Å². The van der Waals surface area contributed by atoms with E-state index in [2.05, 4.69) is 5.32 Å². The number of hydrogen-bond donors (Lipinski definition) is 2. The molecular formula is C10H17NO2. The third kappa shape index (κ3) is 3.59. The summed E-state index contributed by atoms with van der Waals surface area (Å²) in [6, 6.07) is 0. The molecule has 1 aliphatic rings. The van der Waals surface area contributed by atoms with Crippen LogP contribution in [0.4, 0.5) is 0 Å². The van der Waals surface area contributed by atoms with E-state index in [1.807, 2.05) is 13.8 Å². The number of hydrogen-bond acceptors (Lipinski definition) is 2. The van der Waals surface area contributed by atoms with Crippen LogP contribution in [0.5, 0.6) is 0 Å². The molecule has 0 unspecified atom stereocenters. The largest absolute Gasteiger partial charge is 0.393 e. The molecule has 13 heavy (non-hydrogen) atoms. The average molecular weight is 183 g/mol. The van der Waals surface area contributed by atoms with Crippen molar-refractivity contribution in [2.24, 2.45) is 5.92 Å². The van der Waals surface area contributed by atoms with Crippen LogP contribution in [0.15, 0.2) is 11.6 Å². The van der Waals surface area contributed by atoms with Crippen molar-refractivity contribution in [1.82, 2.24) is 5.32 Å². The Balaban J connectivity index is 2.13. The predicted octanol–water partition coefficient (Wildman–Crippen LogP) is 0.840. The van der Waals surface area contributed by atoms with Crippen molar-refractivity contribution in [3.8, 4) is 0 Å². The van der Waals surface area contributed by atoms with E-state index in [4.69, 9.17) is 5.11 Å². The van der Waals surface area contributed by atoms with Gasteiger partial charge in [-0.05, 0) is 32.6 Å². The van der Waals surface area contributed by atoms with Gasteiger partial charge in [0.2, 0.25) is 5.91 Å². The predicted molar refractivity (Wildman–Crippen MR) is 51.2 cm³/mol. The van der Waals surface area contributed by atoms with E-state index in [9.17, 15) is 4.79 Å². The number of nitrogens with one attached hydrogen (secondary N) is 1. The highest BCUT2D eigenvalue weighted by molar-refractivity contribution is 5.87. The SMILES string of the molecule is CC(C)=CC(=O)NCC1CC(O)C1. The molecule has 2 N–H and O–H groups in total. The molecule has 0 atom stereocenters. The Morgan fingerprint density at radius 3 is 2.62 bits per heavy atom. The zero-order chi connectivity index (χ0) is 9.84. The van der Waals surface area contributed by atoms with Gasteiger partial charge in [-0.15, -0.1) is 0 Å². The Kier molecular flexibility index (Phi) is 3.48. The normalized spacial score (nSPS) is 26.1. The van der Waals surface area contributed by atoms with Gasteiger partial charge in [0.15, 0.2) is 0 Å². The average Bonchev–Trinajstić information content (AvgIpc) is 1.94. The van der Waals surface area contributed by atoms with Gasteiger partial charge in [-0.3, -0.25) is 4.79 Å². The van der Waals surface area contributed by atoms with Crippen molar-refractivity contribution >= 4 is 5.91 Å². The Bertz CT molecular complexity index is 213. The summed E-state index contributed by atoms with van der Waals surface area (Å²) >= 11 is 0. The van der Waals surface area contributed by atoms with Crippen LogP contribution in [0.1, 0.15) is 26.7 Å². The number of aliphatic hydroxyl groups is 1. The van der Waals surface area contributed by atoms with Crippen LogP contribution in [-0.2, 0) is 4.79 Å². The Morgan fingerprint density at radius 2 is 2.15 bits per heavy atom. The highest BCUT2D eigenvalue weighted by Gasteiger charge is 2.26. The van der Waals surface area contributed by atoms with Crippen LogP contribution in [0.25, 0.3) is 0 Å². The fourth-order valence-corrected chi connectivity index (χ4v) is 1.43. The number of carbonyl (C=O) groups excluding carboxylic acids is 1. The lowest BCUT2D eigenvalue weighted by molar-refractivity contribution is -0.117. The van der Waals surface area contributed by atoms with Crippen molar-refractivity contribution in [2.75, 3.05) is 6.54 Å². The van der Waals surface area contributed by atoms with E-state index in [1.165, 1.54) is 0 Å². The summed E-state index contributed by atoms with van der Waals surface area (Å²) in [4.78, 5) is 11.1. The molecule has 1 aliphatic carbocycles. The van der Waals surface area contributed by atoms with E-state index >= 15 is 0 Å². The quantitative estimate of drug-likeness (QED) is 0.637. The molecule has 0 heterocycles. The number of rotatable bonds is 3. The van der Waals surface area contributed by atoms with Crippen LogP contribution >= 0.6 is 0 Å². The zero-order valence-electron chi connectivity index (χ0n) is 8.21. The second kappa shape index (κ2) is 4.42. The van der Waals surface area contributed by atoms with Crippen LogP contribution in [0, 0.1) is 5.92 Å². The number of aliphatic hydroxyl groups excluding tert-OH is 1. The maximum atomic E-state index is 11.1. The first-order valence-electron chi connectivity index (χ1n) is 4.68. The molecule has 0 radical (unpaired) electrons. The van der Waals surface area contributed by atoms with Crippen molar-refractivity contribution in [3.05, 3.63) is 11.6 Å². The second-order valence-corrected chi connectivity index (χ2v) is 3.96. The number of allylic oxidation sites excluding steroid dienone is 1. The van der Waals surface area contributed by atoms with Gasteiger partial charge in [0.25, 0.3) is 0 Å². The molecule has 74 valence electrons. The first-order chi connectivity index (χ1) is 6.08. The highest BCUT2D eigenvalue weighted by Crippen LogP contribution is 2.25. The standard InChI is InChI=1S/C10H17NO2/c1-7(2)3-10(13)11-6-8-4-9(12)5-8/h3,8-9,12H,4-6H2,1-2H3,(H,11,13). The van der Waals surface area contributed by atoms with Gasteiger partial charge in [-0.2, -0.15) is 0 Å². The zero-order valence-corrected chi connectivity index (χ0v) is 8.21. The van der Waals surface area contributed by atoms with E-state index < -0.39 is 0 Å². The van der Waals surface area contributed by atoms with Crippen molar-refractivity contribution in [3.63, 3.8) is 0 Å². The van der Waals surface area contributed by atoms with Crippen molar-refractivity contribution in [2.45, 2.75) is 32.8 Å². The molecule has 0 aromatic carbocycles. The molecule has 0 aromatic heterocycles. The molecule has 1 fully saturated rings. The summed E-state index contributed by atoms with van der Waals surface area (Å²) in [6.45, 7) is 4.49. The molecule has 0 spiro atoms. The Morgan fingerprint density at radius 1 is 1.54 bits per heavy atom. The van der Waals surface area contributed by atoms with E-state index in [0.717, 1.165) is 18.4 Å². The lowest BCUT2D eigenvalue weighted by Gasteiger charge is -2.31. The topological polar surface area (TPSA) is 49.3 Å². The molecule has 0 aliphatic heterocycles. The highest BCUT2D eigenvalue weighted by atomic mass is 16.3. The van der Waals surface area contributed by atoms with Crippen LogP contribution in [0.3, 0.4) is 0 Å². The van der Waals surface area contributed by atoms with Gasteiger partial charge in [0.05, 0.1) is 6.10 Å². The van der Waals surface area contributed by atoms with E-state index in [-0.39, 0.29) is 12.0 Å². The van der Waals surface area contributed by atoms with Crippen LogP contribution < -0.4 is 5.32 Å². The molecule has 1 saturated carbocycles. The molecule has 1 amide bonds. The van der Waals surface area contributed by atoms with Gasteiger partial charge in [-0.1, -0.05) is 5.57 Å². The molecule has 3 heteroatoms. The fraction of sp³-hybridized carbons (Fsp3) is 0.700. The summed E-state index contributed by atoms with van der Waals surface area (Å²) in [5.74, 6) is 0.450. The maximum absolute atomic E-state index is 11.1. The summed E-state index contributed by atoms with van der Waals surface area (Å²) < 4.78 is 0. The fourth-order valence-electron chi connectivity index (χ4n) is 1.43. The smallest absolute Gasteiger partial charge is 0.243 e. The van der Waals surface area contributed by atoms with Gasteiger partial charge < -0.3 is 10.4 Å². The Hall–Kier alpha value is -0.830. The van der Waals surface area contributed by atoms with E-state index in [1.54, 1.807) is 6.08 Å². The van der Waals surface area contributed by atoms with Crippen molar-refractivity contribution in [1.29, 1.82) is 0 Å². The summed E-state index contributed by atoms with van der Waals surface area (Å²) in [7, 11) is 0. The molecule has 0 bridgehead atoms. The van der Waals surface area contributed by atoms with Crippen molar-refractivity contribution < 1.29 is 9.90 Å². The molecule has 0 aromatic rings. The van der Waals surface area contributed by atoms with E-state index in [0.29, 0.717) is 12.5 Å². The molecule has 0 saturated heterocycles. The lowest BCUT2D eigenvalue weighted by atomic mass is 9.82. The van der Waals surface area contributed by atoms with Gasteiger partial charge in [-0.25, -0.2) is 0 Å². The van der Waals surface area contributed by atoms with Gasteiger partial charge >= 0.3 is 0 Å². The number of amides is 1. The number of carbonyl (C=O) groups is 1. The first-order valence-corrected chi connectivity index (χ1v) is 4.68. The summed E-state index contributed by atoms with van der Waals surface area (Å²) in [6.07, 6.45) is 3.12. The third-order valence-corrected chi connectivity index (χ3v) is 2.20. The minimum atomic E-state index is -0.134. The lowest BCUT2D eigenvalue weighted by Crippen LogP contribution is -2.37. The van der Waals surface area contributed by atoms with Gasteiger partial charge in [0, 0.05) is 12.6 Å². The molecule has 3 nitrogen and oxygen atoms in total.